The van der Waals surface area contributed by atoms with E-state index in [9.17, 15) is 9.59 Å². The van der Waals surface area contributed by atoms with Gasteiger partial charge in [-0.25, -0.2) is 0 Å². The Labute approximate surface area is 150 Å². The van der Waals surface area contributed by atoms with E-state index in [1.165, 1.54) is 12.3 Å². The molecule has 0 unspecified atom stereocenters. The lowest BCUT2D eigenvalue weighted by atomic mass is 10.2. The van der Waals surface area contributed by atoms with Gasteiger partial charge < -0.3 is 19.8 Å². The number of methoxy groups -OCH3 is 1. The summed E-state index contributed by atoms with van der Waals surface area (Å²) in [5.74, 6) is -0.421. The van der Waals surface area contributed by atoms with Gasteiger partial charge in [-0.15, -0.1) is 0 Å². The van der Waals surface area contributed by atoms with Crippen molar-refractivity contribution in [3.8, 4) is 0 Å². The Hall–Kier alpha value is -2.71. The number of anilines is 1. The molecule has 0 bridgehead atoms. The van der Waals surface area contributed by atoms with Crippen LogP contribution in [0.4, 0.5) is 5.69 Å². The summed E-state index contributed by atoms with van der Waals surface area (Å²) in [5, 5.41) is 8.32. The number of amides is 2. The van der Waals surface area contributed by atoms with Crippen LogP contribution in [0.25, 0.3) is 0 Å². The molecular formula is C17H19N3O4S. The number of ether oxygens (including phenoxy) is 1. The maximum absolute atomic E-state index is 12.0. The van der Waals surface area contributed by atoms with Crippen molar-refractivity contribution in [3.05, 3.63) is 54.0 Å². The molecule has 25 heavy (non-hydrogen) atoms. The van der Waals surface area contributed by atoms with Gasteiger partial charge >= 0.3 is 0 Å². The number of hydrogen-bond acceptors (Lipinski definition) is 5. The van der Waals surface area contributed by atoms with Gasteiger partial charge in [0, 0.05) is 31.5 Å². The normalized spacial score (nSPS) is 10.1. The molecule has 2 rings (SSSR count). The molecule has 1 aromatic heterocycles. The molecule has 0 aliphatic rings. The lowest BCUT2D eigenvalue weighted by Crippen LogP contribution is -2.33. The first-order valence-electron chi connectivity index (χ1n) is 7.63. The number of furan rings is 1. The van der Waals surface area contributed by atoms with Gasteiger partial charge in [0.05, 0.1) is 6.26 Å². The Morgan fingerprint density at radius 1 is 1.16 bits per heavy atom. The van der Waals surface area contributed by atoms with Gasteiger partial charge in [-0.1, -0.05) is 0 Å². The lowest BCUT2D eigenvalue weighted by Gasteiger charge is -2.09. The summed E-state index contributed by atoms with van der Waals surface area (Å²) in [6.07, 6.45) is 2.16. The molecule has 8 heteroatoms. The van der Waals surface area contributed by atoms with E-state index in [1.807, 2.05) is 0 Å². The molecule has 132 valence electrons. The van der Waals surface area contributed by atoms with Crippen LogP contribution in [-0.4, -0.2) is 37.2 Å². The van der Waals surface area contributed by atoms with E-state index in [1.54, 1.807) is 37.4 Å². The highest BCUT2D eigenvalue weighted by molar-refractivity contribution is 7.80. The molecule has 3 N–H and O–H groups in total. The van der Waals surface area contributed by atoms with Crippen molar-refractivity contribution in [2.45, 2.75) is 6.42 Å². The van der Waals surface area contributed by atoms with E-state index >= 15 is 0 Å². The standard InChI is InChI=1S/C17H19N3O4S/c1-23-10-3-9-18-15(21)12-5-7-13(8-6-12)19-17(25)20-16(22)14-4-2-11-24-14/h2,4-8,11H,3,9-10H2,1H3,(H,18,21)(H2,19,20,22,25). The molecule has 0 saturated carbocycles. The van der Waals surface area contributed by atoms with E-state index in [-0.39, 0.29) is 16.8 Å². The predicted molar refractivity (Wildman–Crippen MR) is 97.7 cm³/mol. The molecule has 0 fully saturated rings. The van der Waals surface area contributed by atoms with E-state index in [0.717, 1.165) is 6.42 Å². The summed E-state index contributed by atoms with van der Waals surface area (Å²) in [7, 11) is 1.62. The minimum Gasteiger partial charge on any atom is -0.459 e. The molecule has 0 saturated heterocycles. The van der Waals surface area contributed by atoms with Crippen LogP contribution in [0.3, 0.4) is 0 Å². The fourth-order valence-corrected chi connectivity index (χ4v) is 2.17. The molecule has 2 aromatic rings. The number of thiocarbonyl (C=S) groups is 1. The summed E-state index contributed by atoms with van der Waals surface area (Å²) in [6.45, 7) is 1.15. The topological polar surface area (TPSA) is 92.6 Å². The second-order valence-electron chi connectivity index (χ2n) is 5.07. The maximum Gasteiger partial charge on any atom is 0.293 e. The predicted octanol–water partition coefficient (Wildman–Crippen LogP) is 2.17. The molecular weight excluding hydrogens is 342 g/mol. The van der Waals surface area contributed by atoms with Gasteiger partial charge in [0.2, 0.25) is 0 Å². The number of carbonyl (C=O) groups excluding carboxylic acids is 2. The van der Waals surface area contributed by atoms with Gasteiger partial charge in [0.1, 0.15) is 0 Å². The van der Waals surface area contributed by atoms with Crippen LogP contribution in [0.5, 0.6) is 0 Å². The van der Waals surface area contributed by atoms with Crippen molar-refractivity contribution in [2.24, 2.45) is 0 Å². The number of rotatable bonds is 7. The fraction of sp³-hybridized carbons (Fsp3) is 0.235. The van der Waals surface area contributed by atoms with Crippen LogP contribution < -0.4 is 16.0 Å². The van der Waals surface area contributed by atoms with E-state index < -0.39 is 5.91 Å². The minimum absolute atomic E-state index is 0.137. The number of carbonyl (C=O) groups is 2. The maximum atomic E-state index is 12.0. The summed E-state index contributed by atoms with van der Waals surface area (Å²) in [6, 6.07) is 9.91. The van der Waals surface area contributed by atoms with Crippen molar-refractivity contribution in [1.82, 2.24) is 10.6 Å². The first-order valence-corrected chi connectivity index (χ1v) is 8.04. The third kappa shape index (κ3) is 6.02. The van der Waals surface area contributed by atoms with E-state index in [0.29, 0.717) is 24.4 Å². The van der Waals surface area contributed by atoms with Crippen LogP contribution in [-0.2, 0) is 4.74 Å². The van der Waals surface area contributed by atoms with Crippen LogP contribution in [0.15, 0.2) is 47.1 Å². The molecule has 0 spiro atoms. The molecule has 2 amide bonds. The minimum atomic E-state index is -0.436. The summed E-state index contributed by atoms with van der Waals surface area (Å²) in [5.41, 5.74) is 1.19. The van der Waals surface area contributed by atoms with Gasteiger partial charge in [-0.3, -0.25) is 14.9 Å². The molecule has 1 aromatic carbocycles. The van der Waals surface area contributed by atoms with Crippen LogP contribution in [0, 0.1) is 0 Å². The third-order valence-electron chi connectivity index (χ3n) is 3.19. The van der Waals surface area contributed by atoms with E-state index in [4.69, 9.17) is 21.4 Å². The molecule has 7 nitrogen and oxygen atoms in total. The Bertz CT molecular complexity index is 714. The fourth-order valence-electron chi connectivity index (χ4n) is 1.96. The Morgan fingerprint density at radius 2 is 1.92 bits per heavy atom. The van der Waals surface area contributed by atoms with Crippen molar-refractivity contribution in [1.29, 1.82) is 0 Å². The van der Waals surface area contributed by atoms with Crippen molar-refractivity contribution >= 4 is 34.8 Å². The molecule has 1 heterocycles. The first kappa shape index (κ1) is 18.6. The zero-order chi connectivity index (χ0) is 18.1. The lowest BCUT2D eigenvalue weighted by molar-refractivity contribution is 0.0941. The van der Waals surface area contributed by atoms with Crippen molar-refractivity contribution < 1.29 is 18.7 Å². The van der Waals surface area contributed by atoms with Crippen LogP contribution >= 0.6 is 12.2 Å². The highest BCUT2D eigenvalue weighted by Crippen LogP contribution is 2.10. The average Bonchev–Trinajstić information content (AvgIpc) is 3.14. The molecule has 0 aliphatic carbocycles. The van der Waals surface area contributed by atoms with E-state index in [2.05, 4.69) is 16.0 Å². The van der Waals surface area contributed by atoms with Crippen molar-refractivity contribution in [3.63, 3.8) is 0 Å². The second-order valence-corrected chi connectivity index (χ2v) is 5.47. The quantitative estimate of drug-likeness (QED) is 0.517. The Kier molecular flexibility index (Phi) is 7.12. The highest BCUT2D eigenvalue weighted by atomic mass is 32.1. The first-order chi connectivity index (χ1) is 12.1. The average molecular weight is 361 g/mol. The second kappa shape index (κ2) is 9.55. The third-order valence-corrected chi connectivity index (χ3v) is 3.39. The molecule has 0 radical (unpaired) electrons. The summed E-state index contributed by atoms with van der Waals surface area (Å²) >= 11 is 5.08. The van der Waals surface area contributed by atoms with Crippen LogP contribution in [0.1, 0.15) is 27.3 Å². The SMILES string of the molecule is COCCCNC(=O)c1ccc(NC(=S)NC(=O)c2ccco2)cc1. The zero-order valence-corrected chi connectivity index (χ0v) is 14.5. The smallest absolute Gasteiger partial charge is 0.293 e. The van der Waals surface area contributed by atoms with Crippen LogP contribution in [0.2, 0.25) is 0 Å². The zero-order valence-electron chi connectivity index (χ0n) is 13.7. The number of benzene rings is 1. The van der Waals surface area contributed by atoms with Gasteiger partial charge in [-0.05, 0) is 55.0 Å². The number of hydrogen-bond donors (Lipinski definition) is 3. The van der Waals surface area contributed by atoms with Gasteiger partial charge in [0.25, 0.3) is 11.8 Å². The Balaban J connectivity index is 1.82. The summed E-state index contributed by atoms with van der Waals surface area (Å²) in [4.78, 5) is 23.8. The van der Waals surface area contributed by atoms with Gasteiger partial charge in [0.15, 0.2) is 10.9 Å². The highest BCUT2D eigenvalue weighted by Gasteiger charge is 2.10. The monoisotopic (exact) mass is 361 g/mol. The number of nitrogens with one attached hydrogen (secondary N) is 3. The van der Waals surface area contributed by atoms with Crippen molar-refractivity contribution in [2.75, 3.05) is 25.6 Å². The molecule has 0 atom stereocenters. The summed E-state index contributed by atoms with van der Waals surface area (Å²) < 4.78 is 9.91. The Morgan fingerprint density at radius 3 is 2.56 bits per heavy atom. The largest absolute Gasteiger partial charge is 0.459 e. The van der Waals surface area contributed by atoms with Gasteiger partial charge in [-0.2, -0.15) is 0 Å². The molecule has 0 aliphatic heterocycles.